The molecule has 16 heavy (non-hydrogen) atoms. The van der Waals surface area contributed by atoms with Crippen molar-refractivity contribution in [1.29, 1.82) is 0 Å². The number of rotatable bonds is 6. The van der Waals surface area contributed by atoms with E-state index in [4.69, 9.17) is 9.47 Å². The van der Waals surface area contributed by atoms with Crippen LogP contribution in [0.2, 0.25) is 0 Å². The van der Waals surface area contributed by atoms with Gasteiger partial charge in [0.25, 0.3) is 0 Å². The molecule has 0 bridgehead atoms. The van der Waals surface area contributed by atoms with Gasteiger partial charge in [-0.25, -0.2) is 0 Å². The lowest BCUT2D eigenvalue weighted by Gasteiger charge is -2.29. The van der Waals surface area contributed by atoms with Crippen molar-refractivity contribution in [3.63, 3.8) is 0 Å². The molecule has 1 aliphatic carbocycles. The Kier molecular flexibility index (Phi) is 6.28. The van der Waals surface area contributed by atoms with Crippen LogP contribution in [-0.4, -0.2) is 44.3 Å². The first-order valence-electron chi connectivity index (χ1n) is 6.14. The molecule has 0 spiro atoms. The van der Waals surface area contributed by atoms with Crippen LogP contribution in [0, 0.1) is 5.92 Å². The fraction of sp³-hybridized carbons (Fsp3) is 1.00. The summed E-state index contributed by atoms with van der Waals surface area (Å²) in [6.45, 7) is 2.98. The fourth-order valence-electron chi connectivity index (χ4n) is 2.40. The van der Waals surface area contributed by atoms with Crippen LogP contribution in [-0.2, 0) is 9.47 Å². The summed E-state index contributed by atoms with van der Waals surface area (Å²) in [7, 11) is 3.30. The average molecular weight is 231 g/mol. The van der Waals surface area contributed by atoms with Crippen LogP contribution in [0.1, 0.15) is 32.6 Å². The third-order valence-corrected chi connectivity index (χ3v) is 3.36. The van der Waals surface area contributed by atoms with Gasteiger partial charge in [-0.1, -0.05) is 6.42 Å². The summed E-state index contributed by atoms with van der Waals surface area (Å²) >= 11 is 0. The smallest absolute Gasteiger partial charge is 0.171 e. The van der Waals surface area contributed by atoms with Crippen molar-refractivity contribution in [2.24, 2.45) is 5.92 Å². The highest BCUT2D eigenvalue weighted by Crippen LogP contribution is 2.23. The van der Waals surface area contributed by atoms with Crippen LogP contribution in [0.4, 0.5) is 0 Å². The maximum atomic E-state index is 9.57. The molecule has 3 unspecified atom stereocenters. The zero-order valence-corrected chi connectivity index (χ0v) is 10.6. The van der Waals surface area contributed by atoms with Gasteiger partial charge < -0.3 is 19.9 Å². The van der Waals surface area contributed by atoms with Crippen LogP contribution in [0.25, 0.3) is 0 Å². The molecule has 1 rings (SSSR count). The quantitative estimate of drug-likeness (QED) is 0.673. The highest BCUT2D eigenvalue weighted by Gasteiger charge is 2.22. The molecule has 0 aromatic rings. The summed E-state index contributed by atoms with van der Waals surface area (Å²) in [6, 6.07) is 0.175. The molecule has 1 aliphatic rings. The molecule has 0 radical (unpaired) electrons. The Labute approximate surface area is 98.3 Å². The first-order valence-corrected chi connectivity index (χ1v) is 6.14. The van der Waals surface area contributed by atoms with Gasteiger partial charge in [0.1, 0.15) is 0 Å². The average Bonchev–Trinajstić information content (AvgIpc) is 2.28. The standard InChI is InChI=1S/C12H25NO3/c1-9(12(15-2)16-3)13-8-10-5-4-6-11(14)7-10/h9-14H,4-8H2,1-3H3. The van der Waals surface area contributed by atoms with Crippen molar-refractivity contribution >= 4 is 0 Å². The Balaban J connectivity index is 2.22. The third-order valence-electron chi connectivity index (χ3n) is 3.36. The lowest BCUT2D eigenvalue weighted by molar-refractivity contribution is -0.120. The number of nitrogens with one attached hydrogen (secondary N) is 1. The summed E-state index contributed by atoms with van der Waals surface area (Å²) < 4.78 is 10.4. The summed E-state index contributed by atoms with van der Waals surface area (Å²) in [4.78, 5) is 0. The Morgan fingerprint density at radius 2 is 2.00 bits per heavy atom. The Morgan fingerprint density at radius 1 is 1.31 bits per heavy atom. The second-order valence-corrected chi connectivity index (χ2v) is 4.72. The number of methoxy groups -OCH3 is 2. The van der Waals surface area contributed by atoms with E-state index in [0.29, 0.717) is 5.92 Å². The van der Waals surface area contributed by atoms with E-state index in [1.54, 1.807) is 14.2 Å². The molecule has 0 aromatic heterocycles. The molecule has 0 saturated heterocycles. The van der Waals surface area contributed by atoms with E-state index in [9.17, 15) is 5.11 Å². The van der Waals surface area contributed by atoms with Crippen LogP contribution >= 0.6 is 0 Å². The second-order valence-electron chi connectivity index (χ2n) is 4.72. The monoisotopic (exact) mass is 231 g/mol. The summed E-state index contributed by atoms with van der Waals surface area (Å²) in [5, 5.41) is 13.0. The van der Waals surface area contributed by atoms with Gasteiger partial charge in [-0.2, -0.15) is 0 Å². The maximum absolute atomic E-state index is 9.57. The fourth-order valence-corrected chi connectivity index (χ4v) is 2.40. The first kappa shape index (κ1) is 13.9. The van der Waals surface area contributed by atoms with Gasteiger partial charge in [0.15, 0.2) is 6.29 Å². The van der Waals surface area contributed by atoms with E-state index in [2.05, 4.69) is 12.2 Å². The molecule has 0 aliphatic heterocycles. The molecule has 4 heteroatoms. The predicted molar refractivity (Wildman–Crippen MR) is 63.2 cm³/mol. The number of aliphatic hydroxyl groups is 1. The molecule has 96 valence electrons. The van der Waals surface area contributed by atoms with Crippen LogP contribution in [0.3, 0.4) is 0 Å². The third kappa shape index (κ3) is 4.37. The molecule has 0 heterocycles. The van der Waals surface area contributed by atoms with Crippen molar-refractivity contribution in [3.05, 3.63) is 0 Å². The van der Waals surface area contributed by atoms with Crippen LogP contribution in [0.5, 0.6) is 0 Å². The summed E-state index contributed by atoms with van der Waals surface area (Å²) in [5.74, 6) is 0.584. The van der Waals surface area contributed by atoms with Crippen molar-refractivity contribution in [3.8, 4) is 0 Å². The molecule has 0 aromatic carbocycles. The Morgan fingerprint density at radius 3 is 2.56 bits per heavy atom. The lowest BCUT2D eigenvalue weighted by atomic mass is 9.87. The largest absolute Gasteiger partial charge is 0.393 e. The number of ether oxygens (including phenoxy) is 2. The van der Waals surface area contributed by atoms with Gasteiger partial charge in [0.2, 0.25) is 0 Å². The van der Waals surface area contributed by atoms with Gasteiger partial charge in [-0.3, -0.25) is 0 Å². The van der Waals surface area contributed by atoms with Crippen molar-refractivity contribution in [2.75, 3.05) is 20.8 Å². The number of hydrogen-bond acceptors (Lipinski definition) is 4. The molecular formula is C12H25NO3. The summed E-state index contributed by atoms with van der Waals surface area (Å²) in [6.07, 6.45) is 3.93. The normalized spacial score (nSPS) is 28.3. The molecule has 0 amide bonds. The second kappa shape index (κ2) is 7.22. The molecule has 3 atom stereocenters. The van der Waals surface area contributed by atoms with Gasteiger partial charge >= 0.3 is 0 Å². The molecule has 1 saturated carbocycles. The van der Waals surface area contributed by atoms with Crippen molar-refractivity contribution in [2.45, 2.75) is 51.0 Å². The molecule has 1 fully saturated rings. The van der Waals surface area contributed by atoms with E-state index >= 15 is 0 Å². The number of hydrogen-bond donors (Lipinski definition) is 2. The predicted octanol–water partition coefficient (Wildman–Crippen LogP) is 1.13. The van der Waals surface area contributed by atoms with E-state index in [1.165, 1.54) is 6.42 Å². The van der Waals surface area contributed by atoms with E-state index in [0.717, 1.165) is 25.8 Å². The van der Waals surface area contributed by atoms with E-state index in [1.807, 2.05) is 0 Å². The Hall–Kier alpha value is -0.160. The van der Waals surface area contributed by atoms with Crippen molar-refractivity contribution < 1.29 is 14.6 Å². The minimum absolute atomic E-state index is 0.100. The Bertz CT molecular complexity index is 183. The topological polar surface area (TPSA) is 50.7 Å². The van der Waals surface area contributed by atoms with Gasteiger partial charge in [0, 0.05) is 14.2 Å². The first-order chi connectivity index (χ1) is 7.67. The zero-order chi connectivity index (χ0) is 12.0. The van der Waals surface area contributed by atoms with Gasteiger partial charge in [-0.05, 0) is 38.6 Å². The molecule has 2 N–H and O–H groups in total. The van der Waals surface area contributed by atoms with E-state index < -0.39 is 0 Å². The van der Waals surface area contributed by atoms with Crippen LogP contribution in [0.15, 0.2) is 0 Å². The SMILES string of the molecule is COC(OC)C(C)NCC1CCCC(O)C1. The highest BCUT2D eigenvalue weighted by molar-refractivity contribution is 4.75. The van der Waals surface area contributed by atoms with Crippen LogP contribution < -0.4 is 5.32 Å². The number of aliphatic hydroxyl groups excluding tert-OH is 1. The van der Waals surface area contributed by atoms with Crippen molar-refractivity contribution in [1.82, 2.24) is 5.32 Å². The van der Waals surface area contributed by atoms with Gasteiger partial charge in [-0.15, -0.1) is 0 Å². The van der Waals surface area contributed by atoms with Gasteiger partial charge in [0.05, 0.1) is 12.1 Å². The van der Waals surface area contributed by atoms with E-state index in [-0.39, 0.29) is 18.4 Å². The maximum Gasteiger partial charge on any atom is 0.171 e. The highest BCUT2D eigenvalue weighted by atomic mass is 16.7. The lowest BCUT2D eigenvalue weighted by Crippen LogP contribution is -2.42. The minimum atomic E-state index is -0.200. The summed E-state index contributed by atoms with van der Waals surface area (Å²) in [5.41, 5.74) is 0. The molecular weight excluding hydrogens is 206 g/mol. The minimum Gasteiger partial charge on any atom is -0.393 e. The molecule has 4 nitrogen and oxygen atoms in total. The zero-order valence-electron chi connectivity index (χ0n) is 10.6.